The van der Waals surface area contributed by atoms with Crippen molar-refractivity contribution in [2.45, 2.75) is 6.54 Å². The zero-order valence-electron chi connectivity index (χ0n) is 9.64. The van der Waals surface area contributed by atoms with E-state index in [1.165, 1.54) is 4.88 Å². The first-order valence-electron chi connectivity index (χ1n) is 5.13. The lowest BCUT2D eigenvalue weighted by atomic mass is 10.1. The molecule has 0 fully saturated rings. The topological polar surface area (TPSA) is 23.5 Å². The van der Waals surface area contributed by atoms with Crippen molar-refractivity contribution in [2.24, 2.45) is 0 Å². The van der Waals surface area contributed by atoms with Crippen LogP contribution in [0, 0.1) is 3.82 Å². The highest BCUT2D eigenvalue weighted by molar-refractivity contribution is 7.80. The molecular weight excluding hydrogens is 270 g/mol. The highest BCUT2D eigenvalue weighted by atomic mass is 32.9. The Bertz CT molecular complexity index is 571. The Labute approximate surface area is 113 Å². The van der Waals surface area contributed by atoms with E-state index >= 15 is 0 Å². The minimum atomic E-state index is 0.348. The molecule has 1 N–H and O–H groups in total. The number of benzene rings is 1. The Morgan fingerprint density at radius 1 is 1.24 bits per heavy atom. The van der Waals surface area contributed by atoms with Gasteiger partial charge in [0.15, 0.2) is 0 Å². The molecule has 0 amide bonds. The minimum absolute atomic E-state index is 0.348. The molecular formula is C12H13NOS3. The van der Waals surface area contributed by atoms with E-state index in [0.29, 0.717) is 5.75 Å². The van der Waals surface area contributed by atoms with E-state index in [1.54, 1.807) is 26.7 Å². The van der Waals surface area contributed by atoms with Crippen LogP contribution in [0.5, 0.6) is 5.75 Å². The Morgan fingerprint density at radius 3 is 2.59 bits per heavy atom. The van der Waals surface area contributed by atoms with Gasteiger partial charge in [-0.15, -0.1) is 0 Å². The molecule has 0 aliphatic carbocycles. The fourth-order valence-electron chi connectivity index (χ4n) is 1.58. The molecule has 0 aliphatic rings. The number of hydrogen-bond donors (Lipinski definition) is 1. The fraction of sp³-hybridized carbons (Fsp3) is 0.250. The zero-order valence-corrected chi connectivity index (χ0v) is 12.1. The summed E-state index contributed by atoms with van der Waals surface area (Å²) >= 11 is 5.13. The monoisotopic (exact) mass is 283 g/mol. The summed E-state index contributed by atoms with van der Waals surface area (Å²) in [6.07, 6.45) is 0. The van der Waals surface area contributed by atoms with Gasteiger partial charge in [0.05, 0.1) is 0 Å². The molecule has 5 heteroatoms. The van der Waals surface area contributed by atoms with Crippen molar-refractivity contribution >= 4 is 32.9 Å². The Kier molecular flexibility index (Phi) is 3.93. The van der Waals surface area contributed by atoms with Crippen LogP contribution in [0.3, 0.4) is 0 Å². The maximum absolute atomic E-state index is 9.79. The first-order chi connectivity index (χ1) is 8.06. The number of nitrogens with zero attached hydrogens (tertiary/aromatic N) is 1. The number of phenolic OH excluding ortho intramolecular Hbond substituents is 1. The molecule has 2 nitrogen and oxygen atoms in total. The normalized spacial score (nSPS) is 11.0. The lowest BCUT2D eigenvalue weighted by molar-refractivity contribution is 0.386. The van der Waals surface area contributed by atoms with Gasteiger partial charge in [-0.05, 0) is 43.9 Å². The molecule has 0 spiro atoms. The van der Waals surface area contributed by atoms with Gasteiger partial charge in [0, 0.05) is 17.0 Å². The molecule has 0 unspecified atom stereocenters. The van der Waals surface area contributed by atoms with Crippen LogP contribution in [0.15, 0.2) is 24.3 Å². The minimum Gasteiger partial charge on any atom is -0.508 e. The van der Waals surface area contributed by atoms with Crippen LogP contribution in [-0.2, 0) is 6.54 Å². The van der Waals surface area contributed by atoms with Crippen molar-refractivity contribution in [1.29, 1.82) is 0 Å². The molecule has 90 valence electrons. The third-order valence-corrected chi connectivity index (χ3v) is 5.22. The van der Waals surface area contributed by atoms with Crippen LogP contribution in [0.1, 0.15) is 5.56 Å². The fourth-order valence-corrected chi connectivity index (χ4v) is 3.97. The molecule has 17 heavy (non-hydrogen) atoms. The summed E-state index contributed by atoms with van der Waals surface area (Å²) in [7, 11) is 7.26. The first-order valence-corrected chi connectivity index (χ1v) is 7.69. The van der Waals surface area contributed by atoms with Crippen LogP contribution in [0.2, 0.25) is 0 Å². The van der Waals surface area contributed by atoms with Crippen molar-refractivity contribution in [1.82, 2.24) is 4.90 Å². The zero-order chi connectivity index (χ0) is 12.4. The molecule has 1 aromatic carbocycles. The lowest BCUT2D eigenvalue weighted by Gasteiger charge is -2.12. The highest BCUT2D eigenvalue weighted by Crippen LogP contribution is 2.32. The number of phenols is 1. The van der Waals surface area contributed by atoms with Crippen molar-refractivity contribution in [3.63, 3.8) is 0 Å². The molecule has 1 heterocycles. The van der Waals surface area contributed by atoms with Gasteiger partial charge >= 0.3 is 0 Å². The Balaban J connectivity index is 2.40. The van der Waals surface area contributed by atoms with Crippen LogP contribution in [0.4, 0.5) is 0 Å². The third-order valence-electron chi connectivity index (χ3n) is 2.31. The maximum Gasteiger partial charge on any atom is 0.120 e. The van der Waals surface area contributed by atoms with Gasteiger partial charge in [-0.25, -0.2) is 0 Å². The predicted molar refractivity (Wildman–Crippen MR) is 77.5 cm³/mol. The first kappa shape index (κ1) is 12.7. The van der Waals surface area contributed by atoms with Gasteiger partial charge in [-0.1, -0.05) is 32.9 Å². The Hall–Kier alpha value is -0.750. The molecule has 0 saturated heterocycles. The van der Waals surface area contributed by atoms with Crippen LogP contribution >= 0.6 is 32.9 Å². The molecule has 1 aromatic heterocycles. The standard InChI is InChI=1S/C12H13NOS3/c1-13(2)7-9-5-8(3-4-10(9)14)11-6-12(15)17-16-11/h3-6,14H,7H2,1-2H3. The molecule has 2 rings (SSSR count). The number of aromatic hydroxyl groups is 1. The summed E-state index contributed by atoms with van der Waals surface area (Å²) < 4.78 is 0.909. The van der Waals surface area contributed by atoms with E-state index < -0.39 is 0 Å². The SMILES string of the molecule is CN(C)Cc1cc(-c2cc(=S)ss2)ccc1O. The van der Waals surface area contributed by atoms with E-state index in [1.807, 2.05) is 37.2 Å². The number of hydrogen-bond acceptors (Lipinski definition) is 5. The molecule has 0 aliphatic heterocycles. The molecule has 0 radical (unpaired) electrons. The van der Waals surface area contributed by atoms with Crippen molar-refractivity contribution < 1.29 is 5.11 Å². The van der Waals surface area contributed by atoms with Gasteiger partial charge in [-0.3, -0.25) is 0 Å². The van der Waals surface area contributed by atoms with Gasteiger partial charge in [0.1, 0.15) is 9.57 Å². The maximum atomic E-state index is 9.79. The summed E-state index contributed by atoms with van der Waals surface area (Å²) in [6.45, 7) is 0.731. The van der Waals surface area contributed by atoms with Crippen LogP contribution in [0.25, 0.3) is 10.4 Å². The van der Waals surface area contributed by atoms with Crippen molar-refractivity contribution in [2.75, 3.05) is 14.1 Å². The van der Waals surface area contributed by atoms with Crippen LogP contribution in [-0.4, -0.2) is 24.1 Å². The van der Waals surface area contributed by atoms with E-state index in [0.717, 1.165) is 21.5 Å². The lowest BCUT2D eigenvalue weighted by Crippen LogP contribution is -2.10. The van der Waals surface area contributed by atoms with Gasteiger partial charge in [0.2, 0.25) is 0 Å². The Morgan fingerprint density at radius 2 is 2.00 bits per heavy atom. The quantitative estimate of drug-likeness (QED) is 0.681. The summed E-state index contributed by atoms with van der Waals surface area (Å²) in [5.74, 6) is 0.348. The number of rotatable bonds is 3. The molecule has 0 atom stereocenters. The van der Waals surface area contributed by atoms with Crippen molar-refractivity contribution in [3.8, 4) is 16.2 Å². The smallest absolute Gasteiger partial charge is 0.120 e. The second kappa shape index (κ2) is 5.27. The summed E-state index contributed by atoms with van der Waals surface area (Å²) in [5, 5.41) is 9.79. The van der Waals surface area contributed by atoms with E-state index in [2.05, 4.69) is 0 Å². The van der Waals surface area contributed by atoms with Crippen molar-refractivity contribution in [3.05, 3.63) is 33.7 Å². The van der Waals surface area contributed by atoms with E-state index in [9.17, 15) is 5.11 Å². The summed E-state index contributed by atoms with van der Waals surface area (Å²) in [5.41, 5.74) is 2.06. The average molecular weight is 283 g/mol. The van der Waals surface area contributed by atoms with Gasteiger partial charge < -0.3 is 10.0 Å². The predicted octanol–water partition coefficient (Wildman–Crippen LogP) is 3.97. The summed E-state index contributed by atoms with van der Waals surface area (Å²) in [4.78, 5) is 3.20. The molecule has 2 aromatic rings. The summed E-state index contributed by atoms with van der Waals surface area (Å²) in [6, 6.07) is 7.72. The molecule has 0 bridgehead atoms. The van der Waals surface area contributed by atoms with E-state index in [4.69, 9.17) is 12.2 Å². The van der Waals surface area contributed by atoms with E-state index in [-0.39, 0.29) is 0 Å². The second-order valence-electron chi connectivity index (χ2n) is 4.08. The van der Waals surface area contributed by atoms with Gasteiger partial charge in [-0.2, -0.15) is 0 Å². The van der Waals surface area contributed by atoms with Gasteiger partial charge in [0.25, 0.3) is 0 Å². The highest BCUT2D eigenvalue weighted by Gasteiger charge is 2.07. The largest absolute Gasteiger partial charge is 0.508 e. The third kappa shape index (κ3) is 3.13. The average Bonchev–Trinajstić information content (AvgIpc) is 2.67. The van der Waals surface area contributed by atoms with Crippen LogP contribution < -0.4 is 0 Å². The second-order valence-corrected chi connectivity index (χ2v) is 6.99. The molecule has 0 saturated carbocycles.